The first-order valence-electron chi connectivity index (χ1n) is 7.42. The van der Waals surface area contributed by atoms with Crippen LogP contribution in [0.15, 0.2) is 18.3 Å². The Morgan fingerprint density at radius 2 is 1.84 bits per heavy atom. The van der Waals surface area contributed by atoms with E-state index in [4.69, 9.17) is 4.74 Å². The van der Waals surface area contributed by atoms with E-state index in [1.807, 2.05) is 18.3 Å². The number of rotatable bonds is 4. The molecule has 1 fully saturated rings. The van der Waals surface area contributed by atoms with Gasteiger partial charge < -0.3 is 9.82 Å². The standard InChI is InChI=1S/C15H25N2OP/c19-17-14-10-7-11-16-15(14)12-18-13-8-5-3-1-2-4-6-9-13/h7,10-11,13,17H,1-6,8-9,12,19H2. The predicted octanol–water partition coefficient (Wildman–Crippen LogP) is 4.30. The highest BCUT2D eigenvalue weighted by Crippen LogP contribution is 2.21. The second-order valence-corrected chi connectivity index (χ2v) is 5.56. The van der Waals surface area contributed by atoms with Gasteiger partial charge in [-0.1, -0.05) is 38.5 Å². The third-order valence-electron chi connectivity index (χ3n) is 3.80. The molecule has 0 aliphatic heterocycles. The molecule has 1 heterocycles. The van der Waals surface area contributed by atoms with Gasteiger partial charge in [-0.3, -0.25) is 4.98 Å². The summed E-state index contributed by atoms with van der Waals surface area (Å²) in [6, 6.07) is 3.97. The summed E-state index contributed by atoms with van der Waals surface area (Å²) in [5.74, 6) is 0. The second-order valence-electron chi connectivity index (χ2n) is 5.27. The summed E-state index contributed by atoms with van der Waals surface area (Å²) in [5.41, 5.74) is 2.04. The fraction of sp³-hybridized carbons (Fsp3) is 0.667. The van der Waals surface area contributed by atoms with Crippen LogP contribution in [0.4, 0.5) is 5.69 Å². The normalized spacial score (nSPS) is 18.4. The molecular formula is C15H25N2OP. The molecule has 1 N–H and O–H groups in total. The Morgan fingerprint density at radius 3 is 2.53 bits per heavy atom. The van der Waals surface area contributed by atoms with Crippen molar-refractivity contribution in [2.45, 2.75) is 64.1 Å². The maximum Gasteiger partial charge on any atom is 0.0912 e. The summed E-state index contributed by atoms with van der Waals surface area (Å²) in [6.45, 7) is 0.613. The monoisotopic (exact) mass is 280 g/mol. The van der Waals surface area contributed by atoms with Gasteiger partial charge in [-0.2, -0.15) is 0 Å². The first kappa shape index (κ1) is 14.7. The van der Waals surface area contributed by atoms with E-state index in [1.54, 1.807) is 0 Å². The number of nitrogens with zero attached hydrogens (tertiary/aromatic N) is 1. The third-order valence-corrected chi connectivity index (χ3v) is 4.11. The highest BCUT2D eigenvalue weighted by atomic mass is 31.0. The number of hydrogen-bond acceptors (Lipinski definition) is 3. The Bertz CT molecular complexity index is 363. The molecule has 1 aliphatic rings. The Hall–Kier alpha value is -0.660. The van der Waals surface area contributed by atoms with Crippen LogP contribution in [0.25, 0.3) is 0 Å². The lowest BCUT2D eigenvalue weighted by Crippen LogP contribution is -2.13. The van der Waals surface area contributed by atoms with Crippen LogP contribution in [-0.4, -0.2) is 11.1 Å². The zero-order valence-electron chi connectivity index (χ0n) is 11.6. The van der Waals surface area contributed by atoms with Crippen molar-refractivity contribution in [3.05, 3.63) is 24.0 Å². The van der Waals surface area contributed by atoms with E-state index in [2.05, 4.69) is 19.5 Å². The van der Waals surface area contributed by atoms with Crippen molar-refractivity contribution in [1.29, 1.82) is 0 Å². The van der Waals surface area contributed by atoms with Crippen LogP contribution in [-0.2, 0) is 11.3 Å². The van der Waals surface area contributed by atoms with E-state index in [-0.39, 0.29) is 0 Å². The van der Waals surface area contributed by atoms with Crippen LogP contribution in [0.2, 0.25) is 0 Å². The Morgan fingerprint density at radius 1 is 1.16 bits per heavy atom. The minimum Gasteiger partial charge on any atom is -0.372 e. The maximum absolute atomic E-state index is 6.09. The van der Waals surface area contributed by atoms with Gasteiger partial charge in [0.2, 0.25) is 0 Å². The molecular weight excluding hydrogens is 255 g/mol. The molecule has 0 spiro atoms. The summed E-state index contributed by atoms with van der Waals surface area (Å²) in [6.07, 6.45) is 12.8. The highest BCUT2D eigenvalue weighted by Gasteiger charge is 2.12. The molecule has 0 radical (unpaired) electrons. The van der Waals surface area contributed by atoms with Crippen LogP contribution < -0.4 is 5.09 Å². The lowest BCUT2D eigenvalue weighted by Gasteiger charge is -2.17. The number of aromatic nitrogens is 1. The van der Waals surface area contributed by atoms with Gasteiger partial charge in [0.05, 0.1) is 24.1 Å². The van der Waals surface area contributed by atoms with E-state index in [0.717, 1.165) is 11.4 Å². The highest BCUT2D eigenvalue weighted by molar-refractivity contribution is 7.18. The molecule has 0 amide bonds. The minimum atomic E-state index is 0.414. The fourth-order valence-electron chi connectivity index (χ4n) is 2.64. The smallest absolute Gasteiger partial charge is 0.0912 e. The number of ether oxygens (including phenoxy) is 1. The minimum absolute atomic E-state index is 0.414. The van der Waals surface area contributed by atoms with Crippen LogP contribution >= 0.6 is 9.39 Å². The van der Waals surface area contributed by atoms with Crippen LogP contribution in [0.1, 0.15) is 57.1 Å². The van der Waals surface area contributed by atoms with Crippen molar-refractivity contribution in [1.82, 2.24) is 4.98 Å². The van der Waals surface area contributed by atoms with E-state index in [1.165, 1.54) is 51.4 Å². The van der Waals surface area contributed by atoms with E-state index >= 15 is 0 Å². The van der Waals surface area contributed by atoms with Gasteiger partial charge in [-0.15, -0.1) is 0 Å². The van der Waals surface area contributed by atoms with Gasteiger partial charge >= 0.3 is 0 Å². The van der Waals surface area contributed by atoms with Crippen molar-refractivity contribution in [3.63, 3.8) is 0 Å². The molecule has 1 unspecified atom stereocenters. The van der Waals surface area contributed by atoms with E-state index in [0.29, 0.717) is 12.7 Å². The molecule has 1 aromatic rings. The molecule has 1 atom stereocenters. The van der Waals surface area contributed by atoms with Crippen molar-refractivity contribution in [2.24, 2.45) is 0 Å². The fourth-order valence-corrected chi connectivity index (χ4v) is 2.91. The zero-order chi connectivity index (χ0) is 13.3. The second kappa shape index (κ2) is 8.50. The first-order chi connectivity index (χ1) is 9.40. The largest absolute Gasteiger partial charge is 0.372 e. The summed E-state index contributed by atoms with van der Waals surface area (Å²) in [4.78, 5) is 4.39. The number of anilines is 1. The average molecular weight is 280 g/mol. The van der Waals surface area contributed by atoms with Crippen LogP contribution in [0.3, 0.4) is 0 Å². The van der Waals surface area contributed by atoms with Crippen molar-refractivity contribution in [3.8, 4) is 0 Å². The number of nitrogens with one attached hydrogen (secondary N) is 1. The summed E-state index contributed by atoms with van der Waals surface area (Å²) in [5, 5.41) is 3.09. The third kappa shape index (κ3) is 5.08. The van der Waals surface area contributed by atoms with E-state index in [9.17, 15) is 0 Å². The molecule has 3 nitrogen and oxygen atoms in total. The molecule has 0 saturated heterocycles. The molecule has 4 heteroatoms. The first-order valence-corrected chi connectivity index (χ1v) is 8.00. The summed E-state index contributed by atoms with van der Waals surface area (Å²) >= 11 is 0. The van der Waals surface area contributed by atoms with Crippen LogP contribution in [0, 0.1) is 0 Å². The molecule has 1 saturated carbocycles. The summed E-state index contributed by atoms with van der Waals surface area (Å²) in [7, 11) is 2.52. The topological polar surface area (TPSA) is 34.2 Å². The Kier molecular flexibility index (Phi) is 6.59. The number of hydrogen-bond donors (Lipinski definition) is 1. The maximum atomic E-state index is 6.09. The average Bonchev–Trinajstić information content (AvgIpc) is 2.59. The summed E-state index contributed by atoms with van der Waals surface area (Å²) < 4.78 is 6.09. The molecule has 1 aliphatic carbocycles. The molecule has 0 aromatic carbocycles. The van der Waals surface area contributed by atoms with Crippen molar-refractivity contribution < 1.29 is 4.74 Å². The van der Waals surface area contributed by atoms with Gasteiger partial charge in [-0.05, 0) is 34.4 Å². The molecule has 1 aromatic heterocycles. The molecule has 19 heavy (non-hydrogen) atoms. The van der Waals surface area contributed by atoms with Crippen molar-refractivity contribution in [2.75, 3.05) is 5.09 Å². The quantitative estimate of drug-likeness (QED) is 0.835. The number of pyridine rings is 1. The molecule has 106 valence electrons. The van der Waals surface area contributed by atoms with Gasteiger partial charge in [0.25, 0.3) is 0 Å². The van der Waals surface area contributed by atoms with Crippen LogP contribution in [0.5, 0.6) is 0 Å². The molecule has 2 rings (SSSR count). The SMILES string of the molecule is PNc1cccnc1COC1CCCCCCCC1. The van der Waals surface area contributed by atoms with E-state index < -0.39 is 0 Å². The Labute approximate surface area is 118 Å². The van der Waals surface area contributed by atoms with Gasteiger partial charge in [0.1, 0.15) is 0 Å². The van der Waals surface area contributed by atoms with Crippen molar-refractivity contribution >= 4 is 15.1 Å². The van der Waals surface area contributed by atoms with Gasteiger partial charge in [0, 0.05) is 6.20 Å². The Balaban J connectivity index is 1.85. The zero-order valence-corrected chi connectivity index (χ0v) is 12.8. The molecule has 0 bridgehead atoms. The van der Waals surface area contributed by atoms with Gasteiger partial charge in [0.15, 0.2) is 0 Å². The predicted molar refractivity (Wildman–Crippen MR) is 83.1 cm³/mol. The lowest BCUT2D eigenvalue weighted by atomic mass is 10.1. The van der Waals surface area contributed by atoms with Gasteiger partial charge in [-0.25, -0.2) is 0 Å². The lowest BCUT2D eigenvalue weighted by molar-refractivity contribution is 0.0259.